The number of nitrogens with one attached hydrogen (secondary N) is 2. The largest absolute Gasteiger partial charge is 0.455 e. The van der Waals surface area contributed by atoms with Crippen molar-refractivity contribution in [3.8, 4) is 0 Å². The van der Waals surface area contributed by atoms with E-state index in [9.17, 15) is 17.6 Å². The molecule has 1 aliphatic rings. The van der Waals surface area contributed by atoms with Crippen LogP contribution in [0.4, 0.5) is 4.39 Å². The first-order valence-electron chi connectivity index (χ1n) is 9.99. The van der Waals surface area contributed by atoms with E-state index in [1.54, 1.807) is 25.4 Å². The number of hydrogen-bond acceptors (Lipinski definition) is 6. The zero-order chi connectivity index (χ0) is 22.7. The highest BCUT2D eigenvalue weighted by atomic mass is 32.2. The van der Waals surface area contributed by atoms with Gasteiger partial charge in [0.05, 0.1) is 10.6 Å². The number of carbonyl (C=O) groups is 1. The molecule has 1 aliphatic carbocycles. The maximum Gasteiger partial charge on any atom is 0.287 e. The predicted molar refractivity (Wildman–Crippen MR) is 115 cm³/mol. The number of aromatic nitrogens is 1. The molecule has 0 unspecified atom stereocenters. The fraction of sp³-hybridized carbons (Fsp3) is 0.227. The molecular formula is C22H21FN4O4S. The molecule has 0 fully saturated rings. The number of benzene rings is 1. The highest BCUT2D eigenvalue weighted by Gasteiger charge is 2.28. The van der Waals surface area contributed by atoms with Crippen molar-refractivity contribution in [1.29, 1.82) is 0 Å². The van der Waals surface area contributed by atoms with E-state index in [0.717, 1.165) is 29.8 Å². The summed E-state index contributed by atoms with van der Waals surface area (Å²) in [4.78, 5) is 18.8. The van der Waals surface area contributed by atoms with Crippen LogP contribution in [0.1, 0.15) is 45.8 Å². The fourth-order valence-electron chi connectivity index (χ4n) is 3.54. The molecule has 166 valence electrons. The van der Waals surface area contributed by atoms with Crippen molar-refractivity contribution < 1.29 is 22.0 Å². The number of sulfonamides is 1. The number of nitrogens with zero attached hydrogens (tertiary/aromatic N) is 2. The summed E-state index contributed by atoms with van der Waals surface area (Å²) < 4.78 is 43.9. The molecule has 0 saturated carbocycles. The Morgan fingerprint density at radius 1 is 1.22 bits per heavy atom. The van der Waals surface area contributed by atoms with Crippen LogP contribution >= 0.6 is 0 Å². The van der Waals surface area contributed by atoms with Gasteiger partial charge < -0.3 is 9.73 Å². The Bertz CT molecular complexity index is 1270. The van der Waals surface area contributed by atoms with E-state index >= 15 is 0 Å². The third-order valence-corrected chi connectivity index (χ3v) is 6.36. The Hall–Kier alpha value is -3.53. The first-order valence-corrected chi connectivity index (χ1v) is 11.5. The minimum atomic E-state index is -3.96. The summed E-state index contributed by atoms with van der Waals surface area (Å²) in [7, 11) is -3.96. The van der Waals surface area contributed by atoms with Gasteiger partial charge in [0.1, 0.15) is 11.6 Å². The van der Waals surface area contributed by atoms with Gasteiger partial charge in [0.25, 0.3) is 15.9 Å². The molecule has 0 aliphatic heterocycles. The molecule has 32 heavy (non-hydrogen) atoms. The van der Waals surface area contributed by atoms with E-state index < -0.39 is 15.8 Å². The molecule has 1 amide bonds. The molecule has 3 aromatic rings. The fourth-order valence-corrected chi connectivity index (χ4v) is 4.37. The van der Waals surface area contributed by atoms with Crippen molar-refractivity contribution in [3.05, 3.63) is 82.8 Å². The molecular weight excluding hydrogens is 435 g/mol. The summed E-state index contributed by atoms with van der Waals surface area (Å²) in [6, 6.07) is 8.10. The van der Waals surface area contributed by atoms with Gasteiger partial charge in [0.15, 0.2) is 5.76 Å². The van der Waals surface area contributed by atoms with Gasteiger partial charge in [0, 0.05) is 36.5 Å². The normalized spacial score (nSPS) is 14.8. The maximum absolute atomic E-state index is 13.1. The van der Waals surface area contributed by atoms with Crippen LogP contribution < -0.4 is 10.1 Å². The van der Waals surface area contributed by atoms with Gasteiger partial charge in [-0.15, -0.1) is 0 Å². The van der Waals surface area contributed by atoms with Crippen LogP contribution in [0.3, 0.4) is 0 Å². The Balaban J connectivity index is 1.55. The number of amides is 1. The second-order valence-electron chi connectivity index (χ2n) is 7.36. The van der Waals surface area contributed by atoms with Crippen LogP contribution in [-0.2, 0) is 23.0 Å². The lowest BCUT2D eigenvalue weighted by Gasteiger charge is -2.14. The molecule has 2 aromatic heterocycles. The van der Waals surface area contributed by atoms with Gasteiger partial charge in [-0.1, -0.05) is 6.07 Å². The van der Waals surface area contributed by atoms with Crippen LogP contribution in [0, 0.1) is 12.7 Å². The predicted octanol–water partition coefficient (Wildman–Crippen LogP) is 3.07. The molecule has 0 atom stereocenters. The highest BCUT2D eigenvalue weighted by molar-refractivity contribution is 7.89. The Morgan fingerprint density at radius 2 is 2.00 bits per heavy atom. The van der Waals surface area contributed by atoms with Crippen molar-refractivity contribution in [2.75, 3.05) is 0 Å². The van der Waals surface area contributed by atoms with Gasteiger partial charge in [-0.25, -0.2) is 4.39 Å². The third kappa shape index (κ3) is 4.54. The second kappa shape index (κ2) is 8.91. The maximum atomic E-state index is 13.1. The number of carbonyl (C=O) groups excluding carboxylic acids is 1. The molecule has 2 N–H and O–H groups in total. The van der Waals surface area contributed by atoms with E-state index in [1.807, 2.05) is 6.07 Å². The summed E-state index contributed by atoms with van der Waals surface area (Å²) in [6.07, 6.45) is 5.17. The van der Waals surface area contributed by atoms with Crippen LogP contribution in [0.2, 0.25) is 0 Å². The molecule has 10 heteroatoms. The summed E-state index contributed by atoms with van der Waals surface area (Å²) in [5.74, 6) is -0.127. The van der Waals surface area contributed by atoms with Crippen molar-refractivity contribution >= 4 is 21.6 Å². The summed E-state index contributed by atoms with van der Waals surface area (Å²) in [5.41, 5.74) is 2.59. The second-order valence-corrected chi connectivity index (χ2v) is 9.02. The van der Waals surface area contributed by atoms with Crippen molar-refractivity contribution in [2.24, 2.45) is 5.10 Å². The zero-order valence-corrected chi connectivity index (χ0v) is 18.1. The average Bonchev–Trinajstić information content (AvgIpc) is 3.14. The summed E-state index contributed by atoms with van der Waals surface area (Å²) in [6.45, 7) is 2.05. The van der Waals surface area contributed by atoms with Crippen molar-refractivity contribution in [2.45, 2.75) is 37.6 Å². The van der Waals surface area contributed by atoms with E-state index in [-0.39, 0.29) is 16.6 Å². The number of aryl methyl sites for hydroxylation is 1. The van der Waals surface area contributed by atoms with Crippen molar-refractivity contribution in [1.82, 2.24) is 15.1 Å². The van der Waals surface area contributed by atoms with Crippen LogP contribution in [0.15, 0.2) is 63.2 Å². The number of hydrazone groups is 1. The number of pyridine rings is 1. The molecule has 0 bridgehead atoms. The van der Waals surface area contributed by atoms with E-state index in [0.29, 0.717) is 48.4 Å². The molecule has 2 heterocycles. The quantitative estimate of drug-likeness (QED) is 0.554. The zero-order valence-electron chi connectivity index (χ0n) is 17.3. The highest BCUT2D eigenvalue weighted by Crippen LogP contribution is 2.30. The van der Waals surface area contributed by atoms with Gasteiger partial charge in [-0.3, -0.25) is 9.78 Å². The smallest absolute Gasteiger partial charge is 0.287 e. The van der Waals surface area contributed by atoms with E-state index in [2.05, 4.69) is 20.2 Å². The number of fused-ring (bicyclic) bond motifs is 1. The number of furan rings is 1. The minimum Gasteiger partial charge on any atom is -0.455 e. The third-order valence-electron chi connectivity index (χ3n) is 5.13. The first kappa shape index (κ1) is 21.7. The lowest BCUT2D eigenvalue weighted by Crippen LogP contribution is -2.23. The van der Waals surface area contributed by atoms with Crippen molar-refractivity contribution in [3.63, 3.8) is 0 Å². The summed E-state index contributed by atoms with van der Waals surface area (Å²) >= 11 is 0. The SMILES string of the molecule is Cc1c(C(=O)NCc2cccnc2)oc2c1/C(=N/NS(=O)(=O)c1ccc(F)cc1)CCC2. The number of hydrogen-bond donors (Lipinski definition) is 2. The minimum absolute atomic E-state index is 0.0985. The first-order chi connectivity index (χ1) is 15.3. The summed E-state index contributed by atoms with van der Waals surface area (Å²) in [5, 5.41) is 6.91. The van der Waals surface area contributed by atoms with Gasteiger partial charge in [-0.2, -0.15) is 18.4 Å². The van der Waals surface area contributed by atoms with Gasteiger partial charge in [-0.05, 0) is 55.7 Å². The van der Waals surface area contributed by atoms with Crippen LogP contribution in [0.5, 0.6) is 0 Å². The van der Waals surface area contributed by atoms with Crippen LogP contribution in [-0.4, -0.2) is 25.0 Å². The molecule has 0 radical (unpaired) electrons. The Kier molecular flexibility index (Phi) is 6.04. The lowest BCUT2D eigenvalue weighted by atomic mass is 9.93. The molecule has 0 saturated heterocycles. The van der Waals surface area contributed by atoms with Crippen LogP contribution in [0.25, 0.3) is 0 Å². The van der Waals surface area contributed by atoms with E-state index in [4.69, 9.17) is 4.42 Å². The van der Waals surface area contributed by atoms with E-state index in [1.165, 1.54) is 0 Å². The lowest BCUT2D eigenvalue weighted by molar-refractivity contribution is 0.0920. The average molecular weight is 456 g/mol. The number of halogens is 1. The molecule has 4 rings (SSSR count). The number of rotatable bonds is 6. The van der Waals surface area contributed by atoms with Gasteiger partial charge in [0.2, 0.25) is 0 Å². The Labute approximate surface area is 184 Å². The van der Waals surface area contributed by atoms with Gasteiger partial charge >= 0.3 is 0 Å². The standard InChI is InChI=1S/C22H21FN4O4S/c1-14-20-18(26-27-32(29,30)17-9-7-16(23)8-10-17)5-2-6-19(20)31-21(14)22(28)25-13-15-4-3-11-24-12-15/h3-4,7-12,27H,2,5-6,13H2,1H3,(H,25,28)/b26-18+. The topological polar surface area (TPSA) is 114 Å². The molecule has 1 aromatic carbocycles. The Morgan fingerprint density at radius 3 is 2.72 bits per heavy atom. The molecule has 0 spiro atoms. The monoisotopic (exact) mass is 456 g/mol. The molecule has 8 nitrogen and oxygen atoms in total.